The number of carboxylic acid groups (broad SMARTS) is 1. The van der Waals surface area contributed by atoms with Crippen LogP contribution in [0.4, 0.5) is 0 Å². The minimum Gasteiger partial charge on any atom is -0.493 e. The van der Waals surface area contributed by atoms with Crippen molar-refractivity contribution >= 4 is 21.9 Å². The average Bonchev–Trinajstić information content (AvgIpc) is 2.39. The molecule has 0 unspecified atom stereocenters. The molecule has 0 atom stereocenters. The Morgan fingerprint density at radius 1 is 1.32 bits per heavy atom. The minimum atomic E-state index is -0.966. The fourth-order valence-electron chi connectivity index (χ4n) is 1.58. The van der Waals surface area contributed by atoms with Gasteiger partial charge in [-0.1, -0.05) is 6.07 Å². The molecule has 1 heterocycles. The molecule has 2 aromatic rings. The van der Waals surface area contributed by atoms with E-state index >= 15 is 0 Å². The van der Waals surface area contributed by atoms with Gasteiger partial charge >= 0.3 is 5.97 Å². The van der Waals surface area contributed by atoms with Gasteiger partial charge in [-0.3, -0.25) is 4.98 Å². The highest BCUT2D eigenvalue weighted by molar-refractivity contribution is 9.10. The summed E-state index contributed by atoms with van der Waals surface area (Å²) in [4.78, 5) is 15.1. The molecule has 1 aromatic carbocycles. The number of pyridine rings is 1. The zero-order valence-corrected chi connectivity index (χ0v) is 11.6. The molecule has 0 radical (unpaired) electrons. The SMILES string of the molecule is O=C(O)c1ccc(OCCc2ccccn2)cc1Br. The van der Waals surface area contributed by atoms with Crippen molar-refractivity contribution in [2.45, 2.75) is 6.42 Å². The molecule has 0 aliphatic rings. The number of benzene rings is 1. The molecule has 0 fully saturated rings. The van der Waals surface area contributed by atoms with E-state index in [9.17, 15) is 4.79 Å². The maximum atomic E-state index is 10.9. The Morgan fingerprint density at radius 3 is 2.79 bits per heavy atom. The first-order chi connectivity index (χ1) is 9.16. The normalized spacial score (nSPS) is 10.2. The van der Waals surface area contributed by atoms with E-state index in [-0.39, 0.29) is 5.56 Å². The number of nitrogens with zero attached hydrogens (tertiary/aromatic N) is 1. The van der Waals surface area contributed by atoms with Gasteiger partial charge in [-0.05, 0) is 46.3 Å². The van der Waals surface area contributed by atoms with E-state index in [4.69, 9.17) is 9.84 Å². The summed E-state index contributed by atoms with van der Waals surface area (Å²) in [5.41, 5.74) is 1.18. The van der Waals surface area contributed by atoms with Crippen LogP contribution in [0.25, 0.3) is 0 Å². The lowest BCUT2D eigenvalue weighted by Gasteiger charge is -2.07. The molecule has 0 aliphatic heterocycles. The number of rotatable bonds is 5. The second kappa shape index (κ2) is 6.33. The molecule has 4 nitrogen and oxygen atoms in total. The van der Waals surface area contributed by atoms with Crippen LogP contribution in [0.5, 0.6) is 5.75 Å². The molecule has 1 aromatic heterocycles. The quantitative estimate of drug-likeness (QED) is 0.918. The van der Waals surface area contributed by atoms with Crippen molar-refractivity contribution in [3.8, 4) is 5.75 Å². The van der Waals surface area contributed by atoms with Gasteiger partial charge in [0.25, 0.3) is 0 Å². The topological polar surface area (TPSA) is 59.4 Å². The summed E-state index contributed by atoms with van der Waals surface area (Å²) in [6.45, 7) is 0.496. The number of hydrogen-bond acceptors (Lipinski definition) is 3. The molecule has 5 heteroatoms. The van der Waals surface area contributed by atoms with E-state index in [0.717, 1.165) is 5.69 Å². The second-order valence-electron chi connectivity index (χ2n) is 3.87. The molecule has 0 saturated carbocycles. The number of hydrogen-bond donors (Lipinski definition) is 1. The Labute approximate surface area is 119 Å². The van der Waals surface area contributed by atoms with Crippen LogP contribution in [0.15, 0.2) is 47.1 Å². The van der Waals surface area contributed by atoms with E-state index in [2.05, 4.69) is 20.9 Å². The van der Waals surface area contributed by atoms with Gasteiger partial charge in [0.05, 0.1) is 12.2 Å². The van der Waals surface area contributed by atoms with Crippen LogP contribution in [-0.2, 0) is 6.42 Å². The molecule has 98 valence electrons. The molecular weight excluding hydrogens is 310 g/mol. The third kappa shape index (κ3) is 3.79. The molecule has 19 heavy (non-hydrogen) atoms. The summed E-state index contributed by atoms with van der Waals surface area (Å²) in [6.07, 6.45) is 2.45. The van der Waals surface area contributed by atoms with Crippen molar-refractivity contribution in [3.05, 3.63) is 58.3 Å². The van der Waals surface area contributed by atoms with Gasteiger partial charge in [-0.15, -0.1) is 0 Å². The summed E-state index contributed by atoms with van der Waals surface area (Å²) >= 11 is 3.21. The first-order valence-corrected chi connectivity index (χ1v) is 6.51. The number of aromatic nitrogens is 1. The maximum absolute atomic E-state index is 10.9. The summed E-state index contributed by atoms with van der Waals surface area (Å²) in [5.74, 6) is -0.334. The average molecular weight is 322 g/mol. The lowest BCUT2D eigenvalue weighted by molar-refractivity contribution is 0.0696. The molecule has 0 aliphatic carbocycles. The van der Waals surface area contributed by atoms with Crippen molar-refractivity contribution in [2.75, 3.05) is 6.61 Å². The smallest absolute Gasteiger partial charge is 0.336 e. The van der Waals surface area contributed by atoms with Gasteiger partial charge in [0.15, 0.2) is 0 Å². The molecule has 0 bridgehead atoms. The van der Waals surface area contributed by atoms with Gasteiger partial charge in [0, 0.05) is 22.8 Å². The van der Waals surface area contributed by atoms with Gasteiger partial charge < -0.3 is 9.84 Å². The summed E-state index contributed by atoms with van der Waals surface area (Å²) in [6, 6.07) is 10.6. The molecule has 0 spiro atoms. The summed E-state index contributed by atoms with van der Waals surface area (Å²) in [7, 11) is 0. The van der Waals surface area contributed by atoms with Crippen LogP contribution in [0.2, 0.25) is 0 Å². The zero-order chi connectivity index (χ0) is 13.7. The van der Waals surface area contributed by atoms with Gasteiger partial charge in [0.2, 0.25) is 0 Å². The second-order valence-corrected chi connectivity index (χ2v) is 4.72. The largest absolute Gasteiger partial charge is 0.493 e. The van der Waals surface area contributed by atoms with Crippen LogP contribution < -0.4 is 4.74 Å². The van der Waals surface area contributed by atoms with Crippen molar-refractivity contribution in [1.82, 2.24) is 4.98 Å². The number of halogens is 1. The van der Waals surface area contributed by atoms with E-state index < -0.39 is 5.97 Å². The lowest BCUT2D eigenvalue weighted by atomic mass is 10.2. The van der Waals surface area contributed by atoms with Crippen molar-refractivity contribution < 1.29 is 14.6 Å². The van der Waals surface area contributed by atoms with Crippen LogP contribution in [0.3, 0.4) is 0 Å². The van der Waals surface area contributed by atoms with Crippen molar-refractivity contribution in [1.29, 1.82) is 0 Å². The summed E-state index contributed by atoms with van der Waals surface area (Å²) < 4.78 is 6.07. The predicted octanol–water partition coefficient (Wildman–Crippen LogP) is 3.16. The van der Waals surface area contributed by atoms with E-state index in [1.165, 1.54) is 6.07 Å². The first-order valence-electron chi connectivity index (χ1n) is 5.72. The van der Waals surface area contributed by atoms with Gasteiger partial charge in [-0.2, -0.15) is 0 Å². The highest BCUT2D eigenvalue weighted by atomic mass is 79.9. The third-order valence-corrected chi connectivity index (χ3v) is 3.18. The molecule has 0 amide bonds. The summed E-state index contributed by atoms with van der Waals surface area (Å²) in [5, 5.41) is 8.90. The molecular formula is C14H12BrNO3. The van der Waals surface area contributed by atoms with Crippen molar-refractivity contribution in [3.63, 3.8) is 0 Å². The van der Waals surface area contributed by atoms with Crippen LogP contribution in [0, 0.1) is 0 Å². The highest BCUT2D eigenvalue weighted by Crippen LogP contribution is 2.23. The number of ether oxygens (including phenoxy) is 1. The molecule has 2 rings (SSSR count). The van der Waals surface area contributed by atoms with Crippen molar-refractivity contribution in [2.24, 2.45) is 0 Å². The van der Waals surface area contributed by atoms with Crippen LogP contribution in [0.1, 0.15) is 16.1 Å². The Kier molecular flexibility index (Phi) is 4.52. The predicted molar refractivity (Wildman–Crippen MR) is 74.5 cm³/mol. The lowest BCUT2D eigenvalue weighted by Crippen LogP contribution is -2.03. The van der Waals surface area contributed by atoms with Crippen LogP contribution >= 0.6 is 15.9 Å². The number of aromatic carboxylic acids is 1. The number of carboxylic acids is 1. The monoisotopic (exact) mass is 321 g/mol. The fourth-order valence-corrected chi connectivity index (χ4v) is 2.11. The van der Waals surface area contributed by atoms with Gasteiger partial charge in [0.1, 0.15) is 5.75 Å². The van der Waals surface area contributed by atoms with E-state index in [0.29, 0.717) is 23.2 Å². The highest BCUT2D eigenvalue weighted by Gasteiger charge is 2.08. The van der Waals surface area contributed by atoms with E-state index in [1.54, 1.807) is 18.3 Å². The minimum absolute atomic E-state index is 0.220. The Bertz CT molecular complexity index is 572. The number of carbonyl (C=O) groups is 1. The van der Waals surface area contributed by atoms with Crippen LogP contribution in [-0.4, -0.2) is 22.7 Å². The maximum Gasteiger partial charge on any atom is 0.336 e. The Balaban J connectivity index is 1.93. The Morgan fingerprint density at radius 2 is 2.16 bits per heavy atom. The fraction of sp³-hybridized carbons (Fsp3) is 0.143. The third-order valence-electron chi connectivity index (χ3n) is 2.52. The first kappa shape index (κ1) is 13.5. The Hall–Kier alpha value is -1.88. The van der Waals surface area contributed by atoms with E-state index in [1.807, 2.05) is 18.2 Å². The molecule has 1 N–H and O–H groups in total. The molecule has 0 saturated heterocycles. The standard InChI is InChI=1S/C14H12BrNO3/c15-13-9-11(4-5-12(13)14(17)18)19-8-6-10-3-1-2-7-16-10/h1-5,7,9H,6,8H2,(H,17,18). The van der Waals surface area contributed by atoms with Gasteiger partial charge in [-0.25, -0.2) is 4.79 Å². The zero-order valence-electron chi connectivity index (χ0n) is 10.0.